The molecule has 178 valence electrons. The SMILES string of the molecule is Cn1cc(-c2cccc([C@H](NC(=O)c3cc(C(F)(F)F)ccc3Cl)[C@]34CC3CCCN4)c2)cn1. The van der Waals surface area contributed by atoms with E-state index in [9.17, 15) is 18.0 Å². The quantitative estimate of drug-likeness (QED) is 0.507. The van der Waals surface area contributed by atoms with Crippen molar-refractivity contribution in [2.75, 3.05) is 6.54 Å². The Morgan fingerprint density at radius 2 is 2.09 bits per heavy atom. The van der Waals surface area contributed by atoms with Gasteiger partial charge >= 0.3 is 6.18 Å². The van der Waals surface area contributed by atoms with Crippen molar-refractivity contribution < 1.29 is 18.0 Å². The van der Waals surface area contributed by atoms with Crippen molar-refractivity contribution in [3.8, 4) is 11.1 Å². The van der Waals surface area contributed by atoms with Crippen molar-refractivity contribution in [1.29, 1.82) is 0 Å². The van der Waals surface area contributed by atoms with Gasteiger partial charge < -0.3 is 10.6 Å². The van der Waals surface area contributed by atoms with Gasteiger partial charge in [-0.15, -0.1) is 0 Å². The molecule has 2 aromatic carbocycles. The monoisotopic (exact) mass is 488 g/mol. The molecular weight excluding hydrogens is 465 g/mol. The molecule has 1 saturated carbocycles. The summed E-state index contributed by atoms with van der Waals surface area (Å²) in [6, 6.07) is 10.2. The highest BCUT2D eigenvalue weighted by Crippen LogP contribution is 2.56. The molecule has 1 unspecified atom stereocenters. The maximum atomic E-state index is 13.3. The smallest absolute Gasteiger partial charge is 0.343 e. The standard InChI is InChI=1S/C25H24ClF3N4O/c1-33-14-17(13-31-33)15-4-2-5-16(10-15)22(24-12-19(24)6-3-9-30-24)32-23(34)20-11-18(25(27,28)29)7-8-21(20)26/h2,4-5,7-8,10-11,13-14,19,22,30H,3,6,9,12H2,1H3,(H,32,34)/t19?,22-,24-/m0/s1. The van der Waals surface area contributed by atoms with E-state index >= 15 is 0 Å². The number of fused-ring (bicyclic) bond motifs is 1. The van der Waals surface area contributed by atoms with Crippen LogP contribution in [0.1, 0.15) is 46.8 Å². The fraction of sp³-hybridized carbons (Fsp3) is 0.360. The molecule has 2 heterocycles. The number of halogens is 4. The molecule has 0 radical (unpaired) electrons. The number of alkyl halides is 3. The van der Waals surface area contributed by atoms with Gasteiger partial charge in [-0.1, -0.05) is 29.8 Å². The van der Waals surface area contributed by atoms with Gasteiger partial charge in [0.1, 0.15) is 0 Å². The third-order valence-corrected chi connectivity index (χ3v) is 7.25. The Bertz CT molecular complexity index is 1240. The molecule has 5 rings (SSSR count). The van der Waals surface area contributed by atoms with Crippen LogP contribution in [-0.2, 0) is 13.2 Å². The first-order chi connectivity index (χ1) is 16.2. The van der Waals surface area contributed by atoms with E-state index in [1.807, 2.05) is 37.5 Å². The molecule has 1 aliphatic carbocycles. The number of piperidine rings is 1. The molecule has 5 nitrogen and oxygen atoms in total. The number of hydrogen-bond donors (Lipinski definition) is 2. The number of nitrogens with zero attached hydrogens (tertiary/aromatic N) is 2. The van der Waals surface area contributed by atoms with Crippen LogP contribution in [0.3, 0.4) is 0 Å². The lowest BCUT2D eigenvalue weighted by Gasteiger charge is -2.34. The largest absolute Gasteiger partial charge is 0.416 e. The van der Waals surface area contributed by atoms with E-state index < -0.39 is 23.7 Å². The Balaban J connectivity index is 1.51. The van der Waals surface area contributed by atoms with Gasteiger partial charge in [-0.25, -0.2) is 0 Å². The summed E-state index contributed by atoms with van der Waals surface area (Å²) in [5, 5.41) is 10.8. The van der Waals surface area contributed by atoms with Crippen molar-refractivity contribution in [2.24, 2.45) is 13.0 Å². The van der Waals surface area contributed by atoms with Crippen molar-refractivity contribution in [2.45, 2.75) is 37.0 Å². The van der Waals surface area contributed by atoms with E-state index in [0.717, 1.165) is 60.7 Å². The molecule has 2 aliphatic rings. The number of amides is 1. The molecule has 1 aromatic heterocycles. The summed E-state index contributed by atoms with van der Waals surface area (Å²) in [7, 11) is 1.84. The molecule has 1 amide bonds. The maximum Gasteiger partial charge on any atom is 0.416 e. The number of rotatable bonds is 5. The highest BCUT2D eigenvalue weighted by Gasteiger charge is 2.60. The maximum absolute atomic E-state index is 13.3. The van der Waals surface area contributed by atoms with Crippen LogP contribution < -0.4 is 10.6 Å². The topological polar surface area (TPSA) is 59.0 Å². The van der Waals surface area contributed by atoms with Gasteiger partial charge in [0.2, 0.25) is 0 Å². The molecule has 3 atom stereocenters. The minimum Gasteiger partial charge on any atom is -0.343 e. The van der Waals surface area contributed by atoms with Gasteiger partial charge in [0.25, 0.3) is 5.91 Å². The Kier molecular flexibility index (Phi) is 5.68. The van der Waals surface area contributed by atoms with Crippen LogP contribution in [0.15, 0.2) is 54.9 Å². The van der Waals surface area contributed by atoms with Crippen molar-refractivity contribution in [3.05, 3.63) is 76.6 Å². The van der Waals surface area contributed by atoms with E-state index in [1.54, 1.807) is 10.9 Å². The molecular formula is C25H24ClF3N4O. The Labute approximate surface area is 200 Å². The van der Waals surface area contributed by atoms with E-state index in [-0.39, 0.29) is 16.1 Å². The zero-order valence-corrected chi connectivity index (χ0v) is 19.2. The average Bonchev–Trinajstić information content (AvgIpc) is 3.40. The third-order valence-electron chi connectivity index (χ3n) is 6.92. The van der Waals surface area contributed by atoms with E-state index in [4.69, 9.17) is 11.6 Å². The highest BCUT2D eigenvalue weighted by molar-refractivity contribution is 6.33. The molecule has 2 N–H and O–H groups in total. The number of carbonyl (C=O) groups excluding carboxylic acids is 1. The summed E-state index contributed by atoms with van der Waals surface area (Å²) in [5.74, 6) is -0.231. The lowest BCUT2D eigenvalue weighted by atomic mass is 9.90. The van der Waals surface area contributed by atoms with Gasteiger partial charge in [0.15, 0.2) is 0 Å². The molecule has 0 bridgehead atoms. The fourth-order valence-electron chi connectivity index (χ4n) is 5.11. The Hall–Kier alpha value is -2.84. The second-order valence-corrected chi connectivity index (χ2v) is 9.54. The number of carbonyl (C=O) groups is 1. The van der Waals surface area contributed by atoms with E-state index in [1.165, 1.54) is 0 Å². The number of benzene rings is 2. The minimum atomic E-state index is -4.57. The lowest BCUT2D eigenvalue weighted by Crippen LogP contribution is -2.49. The zero-order chi connectivity index (χ0) is 24.1. The predicted molar refractivity (Wildman–Crippen MR) is 123 cm³/mol. The number of nitrogens with one attached hydrogen (secondary N) is 2. The van der Waals surface area contributed by atoms with Gasteiger partial charge in [0.05, 0.1) is 28.4 Å². The molecule has 2 fully saturated rings. The number of aromatic nitrogens is 2. The first-order valence-electron chi connectivity index (χ1n) is 11.2. The molecule has 0 spiro atoms. The molecule has 9 heteroatoms. The average molecular weight is 489 g/mol. The van der Waals surface area contributed by atoms with Crippen molar-refractivity contribution in [1.82, 2.24) is 20.4 Å². The summed E-state index contributed by atoms with van der Waals surface area (Å²) < 4.78 is 41.5. The van der Waals surface area contributed by atoms with Crippen LogP contribution in [0.5, 0.6) is 0 Å². The van der Waals surface area contributed by atoms with Gasteiger partial charge in [-0.3, -0.25) is 9.48 Å². The van der Waals surface area contributed by atoms with E-state index in [2.05, 4.69) is 15.7 Å². The lowest BCUT2D eigenvalue weighted by molar-refractivity contribution is -0.137. The number of hydrogen-bond acceptors (Lipinski definition) is 3. The van der Waals surface area contributed by atoms with Crippen LogP contribution in [-0.4, -0.2) is 27.8 Å². The summed E-state index contributed by atoms with van der Waals surface area (Å²) in [6.07, 6.45) is 2.11. The third kappa shape index (κ3) is 4.20. The van der Waals surface area contributed by atoms with Crippen LogP contribution in [0.4, 0.5) is 13.2 Å². The van der Waals surface area contributed by atoms with E-state index in [0.29, 0.717) is 5.92 Å². The highest BCUT2D eigenvalue weighted by atomic mass is 35.5. The Morgan fingerprint density at radius 3 is 2.79 bits per heavy atom. The van der Waals surface area contributed by atoms with Crippen molar-refractivity contribution >= 4 is 17.5 Å². The van der Waals surface area contributed by atoms with Crippen LogP contribution >= 0.6 is 11.6 Å². The first-order valence-corrected chi connectivity index (χ1v) is 11.6. The predicted octanol–water partition coefficient (Wildman–Crippen LogP) is 5.37. The summed E-state index contributed by atoms with van der Waals surface area (Å²) in [6.45, 7) is 0.829. The molecule has 1 aliphatic heterocycles. The summed E-state index contributed by atoms with van der Waals surface area (Å²) in [5.41, 5.74) is 1.36. The van der Waals surface area contributed by atoms with Crippen LogP contribution in [0.25, 0.3) is 11.1 Å². The zero-order valence-electron chi connectivity index (χ0n) is 18.5. The second-order valence-electron chi connectivity index (χ2n) is 9.14. The fourth-order valence-corrected chi connectivity index (χ4v) is 5.32. The van der Waals surface area contributed by atoms with Gasteiger partial charge in [-0.05, 0) is 67.1 Å². The Morgan fingerprint density at radius 1 is 1.26 bits per heavy atom. The first kappa shape index (κ1) is 22.9. The molecule has 1 saturated heterocycles. The van der Waals surface area contributed by atoms with Gasteiger partial charge in [-0.2, -0.15) is 18.3 Å². The molecule has 3 aromatic rings. The van der Waals surface area contributed by atoms with Crippen molar-refractivity contribution in [3.63, 3.8) is 0 Å². The molecule has 34 heavy (non-hydrogen) atoms. The van der Waals surface area contributed by atoms with Crippen LogP contribution in [0, 0.1) is 5.92 Å². The van der Waals surface area contributed by atoms with Crippen LogP contribution in [0.2, 0.25) is 5.02 Å². The normalized spacial score (nSPS) is 22.7. The van der Waals surface area contributed by atoms with Gasteiger partial charge in [0, 0.05) is 24.3 Å². The minimum absolute atomic E-state index is 0.0187. The summed E-state index contributed by atoms with van der Waals surface area (Å²) in [4.78, 5) is 13.3. The second kappa shape index (κ2) is 8.43. The summed E-state index contributed by atoms with van der Waals surface area (Å²) >= 11 is 6.16. The number of aryl methyl sites for hydroxylation is 1.